The Kier molecular flexibility index (Phi) is 1.39. The summed E-state index contributed by atoms with van der Waals surface area (Å²) in [4.78, 5) is 0.960. The van der Waals surface area contributed by atoms with E-state index in [1.165, 1.54) is 18.6 Å². The predicted molar refractivity (Wildman–Crippen MR) is 61.3 cm³/mol. The zero-order chi connectivity index (χ0) is 10.1. The van der Waals surface area contributed by atoms with Gasteiger partial charge < -0.3 is 0 Å². The molecule has 0 aromatic heterocycles. The maximum absolute atomic E-state index is 5.35. The summed E-state index contributed by atoms with van der Waals surface area (Å²) >= 11 is 5.35. The average Bonchev–Trinajstić information content (AvgIpc) is 2.63. The van der Waals surface area contributed by atoms with Gasteiger partial charge in [0.2, 0.25) is 0 Å². The molecule has 0 aromatic carbocycles. The highest BCUT2D eigenvalue weighted by molar-refractivity contribution is 7.80. The summed E-state index contributed by atoms with van der Waals surface area (Å²) in [6.45, 7) is 7.13. The molecule has 2 nitrogen and oxygen atoms in total. The molecule has 2 bridgehead atoms. The lowest BCUT2D eigenvalue weighted by molar-refractivity contribution is 0.186. The number of nitrogens with zero attached hydrogens (tertiary/aromatic N) is 1. The topological polar surface area (TPSA) is 24.4 Å². The van der Waals surface area contributed by atoms with E-state index in [9.17, 15) is 0 Å². The van der Waals surface area contributed by atoms with Crippen molar-refractivity contribution in [3.8, 4) is 0 Å². The Bertz CT molecular complexity index is 358. The van der Waals surface area contributed by atoms with E-state index in [0.29, 0.717) is 17.3 Å². The fourth-order valence-corrected chi connectivity index (χ4v) is 4.12. The first-order valence-electron chi connectivity index (χ1n) is 5.36. The van der Waals surface area contributed by atoms with Crippen LogP contribution in [-0.4, -0.2) is 10.7 Å². The van der Waals surface area contributed by atoms with Gasteiger partial charge in [-0.25, -0.2) is 0 Å². The highest BCUT2D eigenvalue weighted by Crippen LogP contribution is 2.66. The van der Waals surface area contributed by atoms with Crippen molar-refractivity contribution in [3.05, 3.63) is 0 Å². The Morgan fingerprint density at radius 3 is 2.79 bits per heavy atom. The first kappa shape index (κ1) is 8.84. The first-order valence-corrected chi connectivity index (χ1v) is 5.77. The van der Waals surface area contributed by atoms with Gasteiger partial charge in [0.15, 0.2) is 0 Å². The zero-order valence-electron chi connectivity index (χ0n) is 8.92. The molecule has 76 valence electrons. The van der Waals surface area contributed by atoms with Gasteiger partial charge in [-0.2, -0.15) is 5.10 Å². The Morgan fingerprint density at radius 2 is 2.14 bits per heavy atom. The van der Waals surface area contributed by atoms with E-state index in [-0.39, 0.29) is 5.41 Å². The second-order valence-electron chi connectivity index (χ2n) is 5.65. The molecule has 1 aliphatic heterocycles. The van der Waals surface area contributed by atoms with Crippen molar-refractivity contribution in [1.29, 1.82) is 0 Å². The third-order valence-electron chi connectivity index (χ3n) is 5.14. The van der Waals surface area contributed by atoms with E-state index in [0.717, 1.165) is 4.99 Å². The Balaban J connectivity index is 2.18. The van der Waals surface area contributed by atoms with Crippen LogP contribution >= 0.6 is 12.2 Å². The van der Waals surface area contributed by atoms with Gasteiger partial charge in [0, 0.05) is 5.41 Å². The van der Waals surface area contributed by atoms with Crippen LogP contribution in [0.1, 0.15) is 33.6 Å². The van der Waals surface area contributed by atoms with Crippen LogP contribution in [0.2, 0.25) is 0 Å². The van der Waals surface area contributed by atoms with E-state index < -0.39 is 0 Å². The van der Waals surface area contributed by atoms with Crippen LogP contribution in [-0.2, 0) is 0 Å². The quantitative estimate of drug-likeness (QED) is 0.618. The summed E-state index contributed by atoms with van der Waals surface area (Å²) in [7, 11) is 0. The number of hydrogen-bond acceptors (Lipinski definition) is 2. The van der Waals surface area contributed by atoms with Crippen LogP contribution < -0.4 is 5.43 Å². The first-order chi connectivity index (χ1) is 6.48. The maximum atomic E-state index is 5.35. The molecule has 2 aliphatic carbocycles. The van der Waals surface area contributed by atoms with E-state index in [1.54, 1.807) is 0 Å². The van der Waals surface area contributed by atoms with Crippen LogP contribution in [0.25, 0.3) is 0 Å². The number of hydrazone groups is 1. The molecule has 0 spiro atoms. The maximum Gasteiger partial charge on any atom is 0.105 e. The second kappa shape index (κ2) is 2.21. The highest BCUT2D eigenvalue weighted by atomic mass is 32.1. The molecule has 3 atom stereocenters. The standard InChI is InChI=1S/C11H16N2S/c1-10(2)6-4-5-11(10,3)8-7(6)9(14)13-12-8/h6-7H,4-5H2,1-3H3,(H,13,14). The number of hydrogen-bond donors (Lipinski definition) is 1. The molecular weight excluding hydrogens is 192 g/mol. The summed E-state index contributed by atoms with van der Waals surface area (Å²) in [5, 5.41) is 4.45. The van der Waals surface area contributed by atoms with Crippen LogP contribution in [0.15, 0.2) is 5.10 Å². The van der Waals surface area contributed by atoms with E-state index in [2.05, 4.69) is 31.3 Å². The van der Waals surface area contributed by atoms with E-state index >= 15 is 0 Å². The highest BCUT2D eigenvalue weighted by Gasteiger charge is 2.66. The molecule has 0 radical (unpaired) electrons. The largest absolute Gasteiger partial charge is 0.271 e. The Labute approximate surface area is 90.1 Å². The predicted octanol–water partition coefficient (Wildman–Crippen LogP) is 2.35. The molecule has 0 aromatic rings. The van der Waals surface area contributed by atoms with Crippen molar-refractivity contribution in [2.75, 3.05) is 0 Å². The van der Waals surface area contributed by atoms with Gasteiger partial charge in [-0.1, -0.05) is 33.0 Å². The lowest BCUT2D eigenvalue weighted by Gasteiger charge is -2.34. The second-order valence-corrected chi connectivity index (χ2v) is 6.09. The summed E-state index contributed by atoms with van der Waals surface area (Å²) in [6, 6.07) is 0. The molecule has 3 aliphatic rings. The van der Waals surface area contributed by atoms with Crippen molar-refractivity contribution in [2.24, 2.45) is 27.8 Å². The molecule has 1 N–H and O–H groups in total. The van der Waals surface area contributed by atoms with Crippen molar-refractivity contribution in [2.45, 2.75) is 33.6 Å². The van der Waals surface area contributed by atoms with Crippen molar-refractivity contribution in [1.82, 2.24) is 5.43 Å². The number of rotatable bonds is 0. The Hall–Kier alpha value is -0.440. The molecule has 1 heterocycles. The Morgan fingerprint density at radius 1 is 1.43 bits per heavy atom. The minimum atomic E-state index is 0.288. The minimum Gasteiger partial charge on any atom is -0.271 e. The summed E-state index contributed by atoms with van der Waals surface area (Å²) in [5.41, 5.74) is 5.01. The minimum absolute atomic E-state index is 0.288. The lowest BCUT2D eigenvalue weighted by Crippen LogP contribution is -2.32. The van der Waals surface area contributed by atoms with Gasteiger partial charge in [0.1, 0.15) is 4.99 Å². The average molecular weight is 208 g/mol. The molecule has 14 heavy (non-hydrogen) atoms. The molecule has 0 saturated heterocycles. The molecule has 2 saturated carbocycles. The van der Waals surface area contributed by atoms with Crippen molar-refractivity contribution in [3.63, 3.8) is 0 Å². The lowest BCUT2D eigenvalue weighted by atomic mass is 9.70. The normalized spacial score (nSPS) is 47.6. The fraction of sp³-hybridized carbons (Fsp3) is 0.818. The van der Waals surface area contributed by atoms with Crippen LogP contribution in [0.4, 0.5) is 0 Å². The number of nitrogens with one attached hydrogen (secondary N) is 1. The van der Waals surface area contributed by atoms with Gasteiger partial charge >= 0.3 is 0 Å². The zero-order valence-corrected chi connectivity index (χ0v) is 9.74. The summed E-state index contributed by atoms with van der Waals surface area (Å²) < 4.78 is 0. The number of thiocarbonyl (C=S) groups is 1. The van der Waals surface area contributed by atoms with Gasteiger partial charge in [-0.05, 0) is 24.2 Å². The molecular formula is C11H16N2S. The van der Waals surface area contributed by atoms with Crippen LogP contribution in [0, 0.1) is 22.7 Å². The van der Waals surface area contributed by atoms with Crippen molar-refractivity contribution < 1.29 is 0 Å². The molecule has 2 fully saturated rings. The van der Waals surface area contributed by atoms with Gasteiger partial charge in [-0.3, -0.25) is 5.43 Å². The SMILES string of the molecule is CC12CCC(C3C(=S)NN=C31)C2(C)C. The summed E-state index contributed by atoms with van der Waals surface area (Å²) in [6.07, 6.45) is 2.60. The molecule has 3 unspecified atom stereocenters. The van der Waals surface area contributed by atoms with Crippen molar-refractivity contribution >= 4 is 22.9 Å². The van der Waals surface area contributed by atoms with Crippen LogP contribution in [0.5, 0.6) is 0 Å². The fourth-order valence-electron chi connectivity index (χ4n) is 3.80. The number of fused-ring (bicyclic) bond motifs is 5. The van der Waals surface area contributed by atoms with Gasteiger partial charge in [-0.15, -0.1) is 0 Å². The smallest absolute Gasteiger partial charge is 0.105 e. The van der Waals surface area contributed by atoms with Crippen LogP contribution in [0.3, 0.4) is 0 Å². The molecule has 3 rings (SSSR count). The summed E-state index contributed by atoms with van der Waals surface area (Å²) in [5.74, 6) is 1.17. The monoisotopic (exact) mass is 208 g/mol. The van der Waals surface area contributed by atoms with Gasteiger partial charge in [0.05, 0.1) is 11.6 Å². The third kappa shape index (κ3) is 0.679. The third-order valence-corrected chi connectivity index (χ3v) is 5.48. The molecule has 0 amide bonds. The van der Waals surface area contributed by atoms with E-state index in [4.69, 9.17) is 12.2 Å². The molecule has 3 heteroatoms. The van der Waals surface area contributed by atoms with E-state index in [1.807, 2.05) is 0 Å². The van der Waals surface area contributed by atoms with Gasteiger partial charge in [0.25, 0.3) is 0 Å².